The van der Waals surface area contributed by atoms with E-state index >= 15 is 8.78 Å². The van der Waals surface area contributed by atoms with Crippen molar-refractivity contribution in [3.05, 3.63) is 119 Å². The minimum absolute atomic E-state index is 0.0212. The molecule has 3 saturated heterocycles. The van der Waals surface area contributed by atoms with Crippen LogP contribution in [0.3, 0.4) is 0 Å². The standard InChI is InChI=1S/C47H42F2N6O2/c1-2-35-37(48)18-16-32-26-33(50-42(30-12-5-3-6-13-30)31-14-7-4-8-15-31)27-36(39(32)35)43-41(49)44-40-38(51-43)19-17-34-28-56-25-11-24-55(34)45(40)53-46(52-44)57-29-47-20-9-22-54(47)23-10-21-47/h1,3-8,12-16,18,26-27,34H,9-11,17,19-25,28-29H2. The second-order valence-electron chi connectivity index (χ2n) is 15.6. The fourth-order valence-corrected chi connectivity index (χ4v) is 9.58. The Morgan fingerprint density at radius 2 is 1.65 bits per heavy atom. The van der Waals surface area contributed by atoms with Crippen LogP contribution in [0.5, 0.6) is 6.01 Å². The highest BCUT2D eigenvalue weighted by Crippen LogP contribution is 2.43. The molecule has 0 amide bonds. The van der Waals surface area contributed by atoms with Crippen molar-refractivity contribution < 1.29 is 18.3 Å². The maximum Gasteiger partial charge on any atom is 0.319 e. The molecule has 6 aromatic rings. The number of aryl methyl sites for hydroxylation is 1. The van der Waals surface area contributed by atoms with Gasteiger partial charge in [0.1, 0.15) is 29.5 Å². The van der Waals surface area contributed by atoms with Crippen molar-refractivity contribution in [2.75, 3.05) is 44.4 Å². The number of nitrogens with zero attached hydrogens (tertiary/aromatic N) is 6. The molecule has 3 fully saturated rings. The van der Waals surface area contributed by atoms with Crippen LogP contribution in [0.4, 0.5) is 20.3 Å². The molecule has 0 saturated carbocycles. The highest BCUT2D eigenvalue weighted by molar-refractivity contribution is 6.14. The number of hydrogen-bond donors (Lipinski definition) is 0. The third-order valence-electron chi connectivity index (χ3n) is 12.3. The van der Waals surface area contributed by atoms with Gasteiger partial charge in [-0.15, -0.1) is 6.42 Å². The van der Waals surface area contributed by atoms with Crippen LogP contribution in [0.25, 0.3) is 32.9 Å². The van der Waals surface area contributed by atoms with Crippen LogP contribution in [0.15, 0.2) is 89.9 Å². The minimum atomic E-state index is -0.644. The van der Waals surface area contributed by atoms with Crippen LogP contribution in [-0.4, -0.2) is 76.6 Å². The number of pyridine rings is 1. The molecule has 0 radical (unpaired) electrons. The number of aromatic nitrogens is 3. The molecule has 1 atom stereocenters. The number of aliphatic imine (C=N–C) groups is 1. The average Bonchev–Trinajstić information content (AvgIpc) is 3.69. The van der Waals surface area contributed by atoms with Gasteiger partial charge in [-0.05, 0) is 81.6 Å². The summed E-state index contributed by atoms with van der Waals surface area (Å²) in [5.41, 5.74) is 4.25. The second kappa shape index (κ2) is 14.6. The molecule has 0 aliphatic carbocycles. The summed E-state index contributed by atoms with van der Waals surface area (Å²) in [5.74, 6) is 1.96. The number of halogens is 2. The van der Waals surface area contributed by atoms with Gasteiger partial charge < -0.3 is 14.4 Å². The highest BCUT2D eigenvalue weighted by Gasteiger charge is 2.45. The monoisotopic (exact) mass is 760 g/mol. The summed E-state index contributed by atoms with van der Waals surface area (Å²) in [6, 6.07) is 26.6. The summed E-state index contributed by atoms with van der Waals surface area (Å²) in [5, 5.41) is 1.58. The largest absolute Gasteiger partial charge is 0.461 e. The third kappa shape index (κ3) is 6.30. The Morgan fingerprint density at radius 3 is 2.39 bits per heavy atom. The molecule has 1 unspecified atom stereocenters. The van der Waals surface area contributed by atoms with Crippen molar-refractivity contribution in [2.45, 2.75) is 56.5 Å². The Bertz CT molecular complexity index is 2540. The predicted molar refractivity (Wildman–Crippen MR) is 219 cm³/mol. The Kier molecular flexibility index (Phi) is 9.15. The summed E-state index contributed by atoms with van der Waals surface area (Å²) in [4.78, 5) is 25.0. The van der Waals surface area contributed by atoms with Crippen LogP contribution in [0.1, 0.15) is 60.9 Å². The molecule has 0 N–H and O–H groups in total. The number of ether oxygens (including phenoxy) is 2. The van der Waals surface area contributed by atoms with E-state index in [1.807, 2.05) is 66.7 Å². The molecule has 286 valence electrons. The maximum absolute atomic E-state index is 17.8. The summed E-state index contributed by atoms with van der Waals surface area (Å²) >= 11 is 0. The zero-order valence-electron chi connectivity index (χ0n) is 31.7. The van der Waals surface area contributed by atoms with Crippen LogP contribution >= 0.6 is 0 Å². The van der Waals surface area contributed by atoms with Crippen LogP contribution in [0.2, 0.25) is 0 Å². The first-order valence-corrected chi connectivity index (χ1v) is 20.0. The van der Waals surface area contributed by atoms with Gasteiger partial charge in [0.05, 0.1) is 46.2 Å². The van der Waals surface area contributed by atoms with E-state index in [1.54, 1.807) is 12.1 Å². The average molecular weight is 761 g/mol. The van der Waals surface area contributed by atoms with Gasteiger partial charge in [-0.25, -0.2) is 18.8 Å². The number of anilines is 1. The topological polar surface area (TPSA) is 76.0 Å². The van der Waals surface area contributed by atoms with Crippen molar-refractivity contribution in [3.8, 4) is 29.6 Å². The zero-order chi connectivity index (χ0) is 38.5. The van der Waals surface area contributed by atoms with Crippen molar-refractivity contribution in [3.63, 3.8) is 0 Å². The Balaban J connectivity index is 1.20. The van der Waals surface area contributed by atoms with E-state index in [4.69, 9.17) is 35.8 Å². The molecule has 0 bridgehead atoms. The van der Waals surface area contributed by atoms with E-state index in [9.17, 15) is 0 Å². The lowest BCUT2D eigenvalue weighted by Gasteiger charge is -2.32. The summed E-state index contributed by atoms with van der Waals surface area (Å²) in [6.07, 6.45) is 12.5. The fourth-order valence-electron chi connectivity index (χ4n) is 9.58. The molecular formula is C47H42F2N6O2. The normalized spacial score (nSPS) is 18.8. The van der Waals surface area contributed by atoms with Gasteiger partial charge in [-0.1, -0.05) is 72.7 Å². The molecule has 57 heavy (non-hydrogen) atoms. The van der Waals surface area contributed by atoms with Crippen LogP contribution < -0.4 is 9.64 Å². The lowest BCUT2D eigenvalue weighted by Crippen LogP contribution is -2.43. The van der Waals surface area contributed by atoms with E-state index < -0.39 is 11.6 Å². The van der Waals surface area contributed by atoms with E-state index in [-0.39, 0.29) is 34.4 Å². The van der Waals surface area contributed by atoms with E-state index in [2.05, 4.69) is 15.7 Å². The second-order valence-corrected chi connectivity index (χ2v) is 15.6. The summed E-state index contributed by atoms with van der Waals surface area (Å²) in [7, 11) is 0. The Morgan fingerprint density at radius 1 is 0.895 bits per heavy atom. The van der Waals surface area contributed by atoms with Gasteiger partial charge >= 0.3 is 6.01 Å². The molecular weight excluding hydrogens is 719 g/mol. The minimum Gasteiger partial charge on any atom is -0.461 e. The molecule has 4 aliphatic heterocycles. The molecule has 10 rings (SSSR count). The molecule has 4 aliphatic rings. The predicted octanol–water partition coefficient (Wildman–Crippen LogP) is 8.82. The van der Waals surface area contributed by atoms with Crippen molar-refractivity contribution in [2.24, 2.45) is 4.99 Å². The lowest BCUT2D eigenvalue weighted by atomic mass is 9.94. The molecule has 2 aromatic heterocycles. The van der Waals surface area contributed by atoms with Gasteiger partial charge in [0.25, 0.3) is 0 Å². The summed E-state index contributed by atoms with van der Waals surface area (Å²) < 4.78 is 46.0. The van der Waals surface area contributed by atoms with Crippen molar-refractivity contribution in [1.29, 1.82) is 0 Å². The van der Waals surface area contributed by atoms with Crippen LogP contribution in [0, 0.1) is 24.0 Å². The molecule has 8 nitrogen and oxygen atoms in total. The van der Waals surface area contributed by atoms with Gasteiger partial charge in [0, 0.05) is 35.2 Å². The van der Waals surface area contributed by atoms with Gasteiger partial charge in [-0.2, -0.15) is 9.97 Å². The van der Waals surface area contributed by atoms with Gasteiger partial charge in [-0.3, -0.25) is 4.90 Å². The third-order valence-corrected chi connectivity index (χ3v) is 12.3. The fraction of sp³-hybridized carbons (Fsp3) is 0.319. The SMILES string of the molecule is C#Cc1c(F)ccc2cc(N=C(c3ccccc3)c3ccccc3)cc(-c3nc4c5c(nc(OCC67CCCN6CCC7)nc5c3F)N3CCCOCC3CC4)c12. The number of fused-ring (bicyclic) bond motifs is 4. The first kappa shape index (κ1) is 35.6. The number of terminal acetylenes is 1. The first-order valence-electron chi connectivity index (χ1n) is 20.0. The van der Waals surface area contributed by atoms with E-state index in [0.717, 1.165) is 68.5 Å². The lowest BCUT2D eigenvalue weighted by molar-refractivity contribution is 0.108. The smallest absolute Gasteiger partial charge is 0.319 e. The van der Waals surface area contributed by atoms with Crippen LogP contribution in [-0.2, 0) is 11.2 Å². The Hall–Kier alpha value is -5.76. The van der Waals surface area contributed by atoms with Gasteiger partial charge in [0.2, 0.25) is 0 Å². The quantitative estimate of drug-likeness (QED) is 0.119. The van der Waals surface area contributed by atoms with Crippen molar-refractivity contribution in [1.82, 2.24) is 19.9 Å². The van der Waals surface area contributed by atoms with Crippen molar-refractivity contribution >= 4 is 38.9 Å². The highest BCUT2D eigenvalue weighted by atomic mass is 19.1. The maximum atomic E-state index is 17.8. The summed E-state index contributed by atoms with van der Waals surface area (Å²) in [6.45, 7) is 4.45. The van der Waals surface area contributed by atoms with Gasteiger partial charge in [0.15, 0.2) is 5.82 Å². The number of rotatable bonds is 7. The molecule has 0 spiro atoms. The van der Waals surface area contributed by atoms with E-state index in [1.165, 1.54) is 6.07 Å². The molecule has 4 aromatic carbocycles. The number of hydrogen-bond acceptors (Lipinski definition) is 8. The van der Waals surface area contributed by atoms with E-state index in [0.29, 0.717) is 71.7 Å². The zero-order valence-corrected chi connectivity index (χ0v) is 31.7. The molecule has 10 heteroatoms. The number of benzene rings is 4. The first-order chi connectivity index (χ1) is 28.0. The molecule has 6 heterocycles. The Labute approximate surface area is 330 Å².